The summed E-state index contributed by atoms with van der Waals surface area (Å²) >= 11 is 0. The molecule has 7 heteroatoms. The third-order valence-electron chi connectivity index (χ3n) is 4.53. The Labute approximate surface area is 122 Å². The molecule has 2 amide bonds. The van der Waals surface area contributed by atoms with Crippen LogP contribution in [0.15, 0.2) is 6.20 Å². The number of aromatic carboxylic acids is 1. The highest BCUT2D eigenvalue weighted by molar-refractivity contribution is 5.85. The number of hydrogen-bond acceptors (Lipinski definition) is 3. The largest absolute Gasteiger partial charge is 0.477 e. The van der Waals surface area contributed by atoms with E-state index in [4.69, 9.17) is 5.11 Å². The van der Waals surface area contributed by atoms with Gasteiger partial charge in [0, 0.05) is 6.04 Å². The van der Waals surface area contributed by atoms with Gasteiger partial charge in [-0.1, -0.05) is 6.92 Å². The summed E-state index contributed by atoms with van der Waals surface area (Å²) < 4.78 is 0. The van der Waals surface area contributed by atoms with Crippen LogP contribution in [0, 0.1) is 5.92 Å². The van der Waals surface area contributed by atoms with Crippen molar-refractivity contribution in [3.63, 3.8) is 0 Å². The van der Waals surface area contributed by atoms with Crippen LogP contribution in [0.1, 0.15) is 55.3 Å². The molecule has 0 saturated heterocycles. The Morgan fingerprint density at radius 3 is 2.62 bits per heavy atom. The highest BCUT2D eigenvalue weighted by Crippen LogP contribution is 2.39. The average Bonchev–Trinajstić information content (AvgIpc) is 2.81. The van der Waals surface area contributed by atoms with E-state index in [0.29, 0.717) is 11.7 Å². The molecule has 1 aromatic rings. The molecule has 0 spiro atoms. The van der Waals surface area contributed by atoms with Crippen molar-refractivity contribution in [1.82, 2.24) is 20.6 Å². The number of nitrogens with one attached hydrogen (secondary N) is 3. The summed E-state index contributed by atoms with van der Waals surface area (Å²) in [5.41, 5.74) is -0.501. The number of urea groups is 1. The summed E-state index contributed by atoms with van der Waals surface area (Å²) in [5, 5.41) is 14.9. The number of carboxylic acids is 1. The second-order valence-electron chi connectivity index (χ2n) is 6.26. The Morgan fingerprint density at radius 1 is 1.43 bits per heavy atom. The highest BCUT2D eigenvalue weighted by atomic mass is 16.4. The van der Waals surface area contributed by atoms with E-state index in [1.807, 2.05) is 0 Å². The molecule has 1 heterocycles. The van der Waals surface area contributed by atoms with E-state index in [2.05, 4.69) is 27.5 Å². The van der Waals surface area contributed by atoms with Gasteiger partial charge in [-0.2, -0.15) is 0 Å². The number of carbonyl (C=O) groups excluding carboxylic acids is 1. The molecule has 2 aliphatic rings. The van der Waals surface area contributed by atoms with Gasteiger partial charge in [0.05, 0.1) is 11.7 Å². The number of rotatable bonds is 4. The number of hydrogen-bond donors (Lipinski definition) is 4. The van der Waals surface area contributed by atoms with Gasteiger partial charge in [-0.05, 0) is 38.0 Å². The van der Waals surface area contributed by atoms with Gasteiger partial charge in [0.1, 0.15) is 11.5 Å². The summed E-state index contributed by atoms with van der Waals surface area (Å²) in [4.78, 5) is 29.9. The minimum Gasteiger partial charge on any atom is -0.477 e. The number of imidazole rings is 1. The maximum absolute atomic E-state index is 12.1. The lowest BCUT2D eigenvalue weighted by atomic mass is 9.76. The summed E-state index contributed by atoms with van der Waals surface area (Å²) in [7, 11) is 0. The average molecular weight is 292 g/mol. The lowest BCUT2D eigenvalue weighted by Gasteiger charge is -2.42. The Morgan fingerprint density at radius 2 is 2.14 bits per heavy atom. The molecule has 0 aliphatic heterocycles. The normalized spacial score (nSPS) is 26.3. The number of carboxylic acid groups (broad SMARTS) is 1. The molecule has 114 valence electrons. The molecule has 0 bridgehead atoms. The van der Waals surface area contributed by atoms with Crippen molar-refractivity contribution in [2.45, 2.75) is 50.6 Å². The highest BCUT2D eigenvalue weighted by Gasteiger charge is 2.43. The van der Waals surface area contributed by atoms with Gasteiger partial charge in [0.25, 0.3) is 0 Å². The molecule has 7 nitrogen and oxygen atoms in total. The first-order chi connectivity index (χ1) is 9.98. The zero-order chi connectivity index (χ0) is 15.0. The van der Waals surface area contributed by atoms with Crippen molar-refractivity contribution in [3.8, 4) is 0 Å². The van der Waals surface area contributed by atoms with E-state index >= 15 is 0 Å². The zero-order valence-corrected chi connectivity index (χ0v) is 12.0. The van der Waals surface area contributed by atoms with Crippen molar-refractivity contribution >= 4 is 12.0 Å². The third-order valence-corrected chi connectivity index (χ3v) is 4.53. The molecule has 0 aromatic carbocycles. The van der Waals surface area contributed by atoms with E-state index in [9.17, 15) is 9.59 Å². The van der Waals surface area contributed by atoms with Gasteiger partial charge in [-0.25, -0.2) is 14.6 Å². The smallest absolute Gasteiger partial charge is 0.353 e. The minimum absolute atomic E-state index is 0.0475. The van der Waals surface area contributed by atoms with Crippen LogP contribution >= 0.6 is 0 Å². The first-order valence-corrected chi connectivity index (χ1v) is 7.36. The fourth-order valence-corrected chi connectivity index (χ4v) is 3.08. The third kappa shape index (κ3) is 2.59. The van der Waals surface area contributed by atoms with Gasteiger partial charge in [0.2, 0.25) is 0 Å². The van der Waals surface area contributed by atoms with Crippen LogP contribution in [0.2, 0.25) is 0 Å². The molecular formula is C14H20N4O3. The standard InChI is InChI=1S/C14H20N4O3/c1-8-5-9(6-8)16-13(21)18-14(3-2-4-14)12-15-7-10(17-12)11(19)20/h7-9H,2-6H2,1H3,(H,15,17)(H,19,20)(H2,16,18,21). The maximum atomic E-state index is 12.1. The lowest BCUT2D eigenvalue weighted by molar-refractivity contribution is 0.0690. The number of nitrogens with zero attached hydrogens (tertiary/aromatic N) is 1. The molecule has 4 N–H and O–H groups in total. The lowest BCUT2D eigenvalue weighted by Crippen LogP contribution is -2.57. The Kier molecular flexibility index (Phi) is 3.35. The molecule has 0 unspecified atom stereocenters. The Balaban J connectivity index is 1.65. The van der Waals surface area contributed by atoms with Crippen molar-refractivity contribution in [3.05, 3.63) is 17.7 Å². The van der Waals surface area contributed by atoms with Gasteiger partial charge in [0.15, 0.2) is 0 Å². The van der Waals surface area contributed by atoms with Gasteiger partial charge < -0.3 is 20.7 Å². The van der Waals surface area contributed by atoms with Crippen LogP contribution in [0.3, 0.4) is 0 Å². The van der Waals surface area contributed by atoms with Gasteiger partial charge in [-0.15, -0.1) is 0 Å². The van der Waals surface area contributed by atoms with E-state index < -0.39 is 11.5 Å². The monoisotopic (exact) mass is 292 g/mol. The summed E-state index contributed by atoms with van der Waals surface area (Å²) in [5.74, 6) is 0.163. The molecule has 0 radical (unpaired) electrons. The van der Waals surface area contributed by atoms with E-state index in [1.165, 1.54) is 6.20 Å². The second kappa shape index (κ2) is 5.05. The molecule has 1 aromatic heterocycles. The molecule has 2 saturated carbocycles. The quantitative estimate of drug-likeness (QED) is 0.676. The van der Waals surface area contributed by atoms with Gasteiger partial charge >= 0.3 is 12.0 Å². The van der Waals surface area contributed by atoms with Crippen molar-refractivity contribution in [1.29, 1.82) is 0 Å². The van der Waals surface area contributed by atoms with Crippen molar-refractivity contribution < 1.29 is 14.7 Å². The summed E-state index contributed by atoms with van der Waals surface area (Å²) in [6.07, 6.45) is 5.87. The molecule has 3 rings (SSSR count). The maximum Gasteiger partial charge on any atom is 0.353 e. The molecule has 2 fully saturated rings. The zero-order valence-electron chi connectivity index (χ0n) is 12.0. The predicted octanol–water partition coefficient (Wildman–Crippen LogP) is 1.58. The molecule has 2 aliphatic carbocycles. The van der Waals surface area contributed by atoms with Crippen LogP contribution in [0.4, 0.5) is 4.79 Å². The number of amides is 2. The second-order valence-corrected chi connectivity index (χ2v) is 6.26. The summed E-state index contributed by atoms with van der Waals surface area (Å²) in [6.45, 7) is 2.17. The van der Waals surface area contributed by atoms with Crippen LogP contribution in [0.5, 0.6) is 0 Å². The Hall–Kier alpha value is -2.05. The predicted molar refractivity (Wildman–Crippen MR) is 74.9 cm³/mol. The fourth-order valence-electron chi connectivity index (χ4n) is 3.08. The van der Waals surface area contributed by atoms with Crippen LogP contribution in [0.25, 0.3) is 0 Å². The van der Waals surface area contributed by atoms with Crippen LogP contribution in [-0.2, 0) is 5.54 Å². The number of H-pyrrole nitrogens is 1. The van der Waals surface area contributed by atoms with E-state index in [0.717, 1.165) is 32.1 Å². The number of aromatic nitrogens is 2. The number of carbonyl (C=O) groups is 2. The first kappa shape index (κ1) is 13.9. The SMILES string of the molecule is CC1CC(NC(=O)NC2(c3ncc(C(=O)O)[nH]3)CCC2)C1. The van der Waals surface area contributed by atoms with Crippen molar-refractivity contribution in [2.75, 3.05) is 0 Å². The van der Waals surface area contributed by atoms with Crippen LogP contribution in [-0.4, -0.2) is 33.1 Å². The molecular weight excluding hydrogens is 272 g/mol. The van der Waals surface area contributed by atoms with Crippen LogP contribution < -0.4 is 10.6 Å². The number of aromatic amines is 1. The fraction of sp³-hybridized carbons (Fsp3) is 0.643. The first-order valence-electron chi connectivity index (χ1n) is 7.36. The van der Waals surface area contributed by atoms with E-state index in [1.54, 1.807) is 0 Å². The van der Waals surface area contributed by atoms with Gasteiger partial charge in [-0.3, -0.25) is 0 Å². The molecule has 0 atom stereocenters. The summed E-state index contributed by atoms with van der Waals surface area (Å²) in [6, 6.07) is 0.0585. The molecule has 21 heavy (non-hydrogen) atoms. The minimum atomic E-state index is -1.05. The topological polar surface area (TPSA) is 107 Å². The van der Waals surface area contributed by atoms with Crippen molar-refractivity contribution in [2.24, 2.45) is 5.92 Å². The Bertz CT molecular complexity index is 558. The van der Waals surface area contributed by atoms with E-state index in [-0.39, 0.29) is 17.8 Å².